The van der Waals surface area contributed by atoms with E-state index >= 15 is 0 Å². The summed E-state index contributed by atoms with van der Waals surface area (Å²) in [6.45, 7) is -0.211. The summed E-state index contributed by atoms with van der Waals surface area (Å²) in [4.78, 5) is 11.6. The molecule has 1 saturated carbocycles. The van der Waals surface area contributed by atoms with E-state index in [0.29, 0.717) is 11.7 Å². The molecule has 88 valence electrons. The van der Waals surface area contributed by atoms with Crippen molar-refractivity contribution in [2.24, 2.45) is 5.92 Å². The van der Waals surface area contributed by atoms with E-state index in [2.05, 4.69) is 15.4 Å². The zero-order valence-electron chi connectivity index (χ0n) is 9.17. The number of hydrogen-bond donors (Lipinski definition) is 1. The number of aromatic nitrogens is 4. The fourth-order valence-electron chi connectivity index (χ4n) is 2.20. The van der Waals surface area contributed by atoms with Crippen LogP contribution in [0, 0.1) is 5.92 Å². The molecule has 1 N–H and O–H groups in total. The largest absolute Gasteiger partial charge is 0.480 e. The maximum absolute atomic E-state index is 10.4. The van der Waals surface area contributed by atoms with Gasteiger partial charge < -0.3 is 5.11 Å². The summed E-state index contributed by atoms with van der Waals surface area (Å²) < 4.78 is 0. The smallest absolute Gasteiger partial charge is 0.327 e. The van der Waals surface area contributed by atoms with Crippen molar-refractivity contribution in [1.82, 2.24) is 20.2 Å². The maximum atomic E-state index is 10.4. The lowest BCUT2D eigenvalue weighted by Crippen LogP contribution is -2.13. The first-order valence-corrected chi connectivity index (χ1v) is 5.72. The van der Waals surface area contributed by atoms with Crippen LogP contribution in [0.15, 0.2) is 0 Å². The van der Waals surface area contributed by atoms with E-state index in [1.807, 2.05) is 0 Å². The number of carbonyl (C=O) groups is 1. The van der Waals surface area contributed by atoms with Crippen LogP contribution in [0.2, 0.25) is 0 Å². The van der Waals surface area contributed by atoms with Crippen LogP contribution in [0.3, 0.4) is 0 Å². The lowest BCUT2D eigenvalue weighted by molar-refractivity contribution is -0.138. The van der Waals surface area contributed by atoms with Crippen LogP contribution in [0.25, 0.3) is 0 Å². The Morgan fingerprint density at radius 2 is 2.12 bits per heavy atom. The summed E-state index contributed by atoms with van der Waals surface area (Å²) in [5.74, 6) is 0.381. The van der Waals surface area contributed by atoms with Crippen LogP contribution in [0.1, 0.15) is 37.9 Å². The van der Waals surface area contributed by atoms with Gasteiger partial charge in [0.05, 0.1) is 0 Å². The Bertz CT molecular complexity index is 357. The van der Waals surface area contributed by atoms with E-state index < -0.39 is 5.97 Å². The van der Waals surface area contributed by atoms with Crippen LogP contribution in [0.5, 0.6) is 0 Å². The lowest BCUT2D eigenvalue weighted by Gasteiger charge is -2.19. The predicted octanol–water partition coefficient (Wildman–Crippen LogP) is 0.880. The van der Waals surface area contributed by atoms with Crippen LogP contribution >= 0.6 is 0 Å². The molecule has 0 radical (unpaired) electrons. The number of carboxylic acid groups (broad SMARTS) is 1. The molecule has 0 unspecified atom stereocenters. The minimum Gasteiger partial charge on any atom is -0.480 e. The summed E-state index contributed by atoms with van der Waals surface area (Å²) in [7, 11) is 0. The van der Waals surface area contributed by atoms with Gasteiger partial charge in [-0.05, 0) is 11.1 Å². The van der Waals surface area contributed by atoms with Crippen molar-refractivity contribution in [2.75, 3.05) is 0 Å². The number of rotatable bonds is 4. The second-order valence-corrected chi connectivity index (χ2v) is 4.34. The normalized spacial score (nSPS) is 17.5. The Hall–Kier alpha value is -1.46. The SMILES string of the molecule is O=C(O)Cn1nnc(CC2CCCCC2)n1. The highest BCUT2D eigenvalue weighted by atomic mass is 16.4. The molecule has 2 rings (SSSR count). The average molecular weight is 224 g/mol. The molecule has 1 heterocycles. The monoisotopic (exact) mass is 224 g/mol. The first kappa shape index (κ1) is 11.0. The van der Waals surface area contributed by atoms with E-state index in [-0.39, 0.29) is 6.54 Å². The van der Waals surface area contributed by atoms with Crippen LogP contribution in [0.4, 0.5) is 0 Å². The van der Waals surface area contributed by atoms with Gasteiger partial charge in [-0.25, -0.2) is 0 Å². The van der Waals surface area contributed by atoms with E-state index in [0.717, 1.165) is 11.2 Å². The summed E-state index contributed by atoms with van der Waals surface area (Å²) in [5, 5.41) is 20.2. The van der Waals surface area contributed by atoms with Crippen LogP contribution < -0.4 is 0 Å². The molecule has 0 amide bonds. The molecule has 0 aromatic carbocycles. The standard InChI is InChI=1S/C10H16N4O2/c15-10(16)7-14-12-9(11-13-14)6-8-4-2-1-3-5-8/h8H,1-7H2,(H,15,16). The Labute approximate surface area is 93.6 Å². The number of tetrazole rings is 1. The van der Waals surface area contributed by atoms with E-state index in [4.69, 9.17) is 5.11 Å². The van der Waals surface area contributed by atoms with Gasteiger partial charge in [-0.3, -0.25) is 4.79 Å². The number of nitrogens with zero attached hydrogens (tertiary/aromatic N) is 4. The van der Waals surface area contributed by atoms with Crippen molar-refractivity contribution in [2.45, 2.75) is 45.1 Å². The molecule has 1 fully saturated rings. The molecule has 1 aromatic rings. The van der Waals surface area contributed by atoms with Crippen LogP contribution in [-0.2, 0) is 17.8 Å². The fraction of sp³-hybridized carbons (Fsp3) is 0.800. The molecule has 0 atom stereocenters. The highest BCUT2D eigenvalue weighted by molar-refractivity contribution is 5.66. The van der Waals surface area contributed by atoms with Gasteiger partial charge in [-0.15, -0.1) is 10.2 Å². The third kappa shape index (κ3) is 3.01. The van der Waals surface area contributed by atoms with E-state index in [1.54, 1.807) is 0 Å². The zero-order chi connectivity index (χ0) is 11.4. The molecule has 6 heteroatoms. The molecular formula is C10H16N4O2. The third-order valence-electron chi connectivity index (χ3n) is 2.97. The number of aliphatic carboxylic acids is 1. The van der Waals surface area contributed by atoms with Gasteiger partial charge in [0.1, 0.15) is 0 Å². The minimum atomic E-state index is -0.943. The Balaban J connectivity index is 1.88. The summed E-state index contributed by atoms with van der Waals surface area (Å²) in [6, 6.07) is 0. The first-order chi connectivity index (χ1) is 7.74. The second kappa shape index (κ2) is 5.05. The van der Waals surface area contributed by atoms with Crippen molar-refractivity contribution >= 4 is 5.97 Å². The van der Waals surface area contributed by atoms with E-state index in [9.17, 15) is 4.79 Å². The van der Waals surface area contributed by atoms with Crippen molar-refractivity contribution in [3.63, 3.8) is 0 Å². The fourth-order valence-corrected chi connectivity index (χ4v) is 2.20. The number of hydrogen-bond acceptors (Lipinski definition) is 4. The summed E-state index contributed by atoms with van der Waals surface area (Å²) >= 11 is 0. The minimum absolute atomic E-state index is 0.211. The maximum Gasteiger partial charge on any atom is 0.327 e. The molecule has 0 spiro atoms. The highest BCUT2D eigenvalue weighted by Gasteiger charge is 2.16. The highest BCUT2D eigenvalue weighted by Crippen LogP contribution is 2.25. The second-order valence-electron chi connectivity index (χ2n) is 4.34. The molecule has 0 bridgehead atoms. The molecule has 16 heavy (non-hydrogen) atoms. The Kier molecular flexibility index (Phi) is 3.48. The quantitative estimate of drug-likeness (QED) is 0.821. The Morgan fingerprint density at radius 3 is 2.81 bits per heavy atom. The molecule has 1 aromatic heterocycles. The number of carboxylic acids is 1. The summed E-state index contributed by atoms with van der Waals surface area (Å²) in [5.41, 5.74) is 0. The third-order valence-corrected chi connectivity index (χ3v) is 2.97. The Morgan fingerprint density at radius 1 is 1.38 bits per heavy atom. The van der Waals surface area contributed by atoms with Crippen molar-refractivity contribution in [1.29, 1.82) is 0 Å². The van der Waals surface area contributed by atoms with Gasteiger partial charge in [0.25, 0.3) is 0 Å². The average Bonchev–Trinajstić information content (AvgIpc) is 2.66. The van der Waals surface area contributed by atoms with E-state index in [1.165, 1.54) is 32.1 Å². The van der Waals surface area contributed by atoms with Gasteiger partial charge in [0.15, 0.2) is 12.4 Å². The molecular weight excluding hydrogens is 208 g/mol. The molecule has 0 aliphatic heterocycles. The summed E-state index contributed by atoms with van der Waals surface area (Å²) in [6.07, 6.45) is 7.19. The van der Waals surface area contributed by atoms with Crippen molar-refractivity contribution in [3.05, 3.63) is 5.82 Å². The van der Waals surface area contributed by atoms with Crippen molar-refractivity contribution < 1.29 is 9.90 Å². The molecule has 6 nitrogen and oxygen atoms in total. The van der Waals surface area contributed by atoms with Crippen molar-refractivity contribution in [3.8, 4) is 0 Å². The molecule has 1 aliphatic rings. The molecule has 0 saturated heterocycles. The van der Waals surface area contributed by atoms with Gasteiger partial charge in [-0.2, -0.15) is 4.80 Å². The van der Waals surface area contributed by atoms with Gasteiger partial charge >= 0.3 is 5.97 Å². The predicted molar refractivity (Wildman–Crippen MR) is 55.7 cm³/mol. The molecule has 1 aliphatic carbocycles. The van der Waals surface area contributed by atoms with Crippen LogP contribution in [-0.4, -0.2) is 31.3 Å². The van der Waals surface area contributed by atoms with Gasteiger partial charge in [-0.1, -0.05) is 32.1 Å². The first-order valence-electron chi connectivity index (χ1n) is 5.72. The van der Waals surface area contributed by atoms with Gasteiger partial charge in [0, 0.05) is 6.42 Å². The topological polar surface area (TPSA) is 80.9 Å². The van der Waals surface area contributed by atoms with Gasteiger partial charge in [0.2, 0.25) is 0 Å². The lowest BCUT2D eigenvalue weighted by atomic mass is 9.87. The zero-order valence-corrected chi connectivity index (χ0v) is 9.17.